The van der Waals surface area contributed by atoms with Crippen LogP contribution in [-0.2, 0) is 17.4 Å². The van der Waals surface area contributed by atoms with Gasteiger partial charge < -0.3 is 0 Å². The van der Waals surface area contributed by atoms with Crippen molar-refractivity contribution < 1.29 is 18.0 Å². The molecule has 0 aliphatic heterocycles. The average molecular weight is 334 g/mol. The van der Waals surface area contributed by atoms with Gasteiger partial charge >= 0.3 is 6.18 Å². The Balaban J connectivity index is 2.15. The number of alkyl halides is 3. The third kappa shape index (κ3) is 4.23. The van der Waals surface area contributed by atoms with E-state index in [9.17, 15) is 18.0 Å². The number of carbonyl (C=O) groups excluding carboxylic acids is 1. The molecule has 0 unspecified atom stereocenters. The number of benzene rings is 1. The summed E-state index contributed by atoms with van der Waals surface area (Å²) in [5.74, 6) is -0.812. The molecule has 0 bridgehead atoms. The topological polar surface area (TPSA) is 77.8 Å². The molecule has 0 aliphatic rings. The zero-order valence-corrected chi connectivity index (χ0v) is 12.6. The van der Waals surface area contributed by atoms with Gasteiger partial charge in [0.25, 0.3) is 0 Å². The third-order valence-electron chi connectivity index (χ3n) is 3.15. The van der Waals surface area contributed by atoms with Crippen molar-refractivity contribution in [2.75, 3.05) is 5.43 Å². The number of aromatic nitrogens is 1. The van der Waals surface area contributed by atoms with Crippen LogP contribution >= 0.6 is 0 Å². The summed E-state index contributed by atoms with van der Waals surface area (Å²) in [6.45, 7) is 1.37. The lowest BCUT2D eigenvalue weighted by atomic mass is 10.1. The maximum Gasteiger partial charge on any atom is 0.433 e. The predicted molar refractivity (Wildman–Crippen MR) is 80.6 cm³/mol. The van der Waals surface area contributed by atoms with Crippen LogP contribution in [-0.4, -0.2) is 10.9 Å². The fourth-order valence-electron chi connectivity index (χ4n) is 2.00. The first-order valence-electron chi connectivity index (χ1n) is 6.89. The molecule has 1 amide bonds. The molecule has 1 heterocycles. The summed E-state index contributed by atoms with van der Waals surface area (Å²) < 4.78 is 38.4. The van der Waals surface area contributed by atoms with Gasteiger partial charge in [-0.25, -0.2) is 4.98 Å². The highest BCUT2D eigenvalue weighted by molar-refractivity contribution is 5.80. The van der Waals surface area contributed by atoms with E-state index >= 15 is 0 Å². The van der Waals surface area contributed by atoms with Crippen LogP contribution in [0, 0.1) is 18.3 Å². The van der Waals surface area contributed by atoms with Gasteiger partial charge in [0.05, 0.1) is 12.0 Å². The van der Waals surface area contributed by atoms with Crippen molar-refractivity contribution in [3.63, 3.8) is 0 Å². The van der Waals surface area contributed by atoms with Crippen molar-refractivity contribution in [2.45, 2.75) is 19.5 Å². The molecule has 24 heavy (non-hydrogen) atoms. The molecule has 0 saturated carbocycles. The lowest BCUT2D eigenvalue weighted by Gasteiger charge is -2.14. The second-order valence-electron chi connectivity index (χ2n) is 4.99. The van der Waals surface area contributed by atoms with Gasteiger partial charge in [-0.2, -0.15) is 18.4 Å². The van der Waals surface area contributed by atoms with Gasteiger partial charge in [-0.05, 0) is 24.1 Å². The molecule has 1 aromatic heterocycles. The van der Waals surface area contributed by atoms with Crippen molar-refractivity contribution >= 4 is 11.7 Å². The van der Waals surface area contributed by atoms with Crippen LogP contribution in [0.4, 0.5) is 19.0 Å². The number of carbonyl (C=O) groups is 1. The summed E-state index contributed by atoms with van der Waals surface area (Å²) >= 11 is 0. The standard InChI is InChI=1S/C16H13F3N4O/c1-10-7-13(16(17,18)19)21-15(12(10)9-20)23-22-14(24)8-11-5-3-2-4-6-11/h2-7H,8H2,1H3,(H,21,23)(H,22,24). The van der Waals surface area contributed by atoms with Gasteiger partial charge in [0.2, 0.25) is 5.91 Å². The summed E-state index contributed by atoms with van der Waals surface area (Å²) in [6, 6.07) is 11.4. The van der Waals surface area contributed by atoms with E-state index < -0.39 is 17.8 Å². The predicted octanol–water partition coefficient (Wildman–Crippen LogP) is 2.97. The molecule has 0 radical (unpaired) electrons. The first kappa shape index (κ1) is 17.3. The number of amides is 1. The Labute approximate surface area is 136 Å². The van der Waals surface area contributed by atoms with Crippen LogP contribution in [0.15, 0.2) is 36.4 Å². The first-order chi connectivity index (χ1) is 11.3. The number of nitrogens with zero attached hydrogens (tertiary/aromatic N) is 2. The molecule has 2 aromatic rings. The fraction of sp³-hybridized carbons (Fsp3) is 0.188. The highest BCUT2D eigenvalue weighted by atomic mass is 19.4. The quantitative estimate of drug-likeness (QED) is 0.843. The highest BCUT2D eigenvalue weighted by Gasteiger charge is 2.34. The van der Waals surface area contributed by atoms with Gasteiger partial charge in [0.15, 0.2) is 5.82 Å². The van der Waals surface area contributed by atoms with E-state index in [0.29, 0.717) is 0 Å². The molecular formula is C16H13F3N4O. The Morgan fingerprint density at radius 3 is 2.54 bits per heavy atom. The van der Waals surface area contributed by atoms with Crippen molar-refractivity contribution in [3.05, 3.63) is 58.8 Å². The summed E-state index contributed by atoms with van der Waals surface area (Å²) in [6.07, 6.45) is -4.61. The van der Waals surface area contributed by atoms with Crippen LogP contribution < -0.4 is 10.9 Å². The average Bonchev–Trinajstić information content (AvgIpc) is 2.52. The summed E-state index contributed by atoms with van der Waals surface area (Å²) in [5.41, 5.74) is 4.21. The summed E-state index contributed by atoms with van der Waals surface area (Å²) in [4.78, 5) is 15.2. The molecule has 2 rings (SSSR count). The van der Waals surface area contributed by atoms with E-state index in [-0.39, 0.29) is 23.4 Å². The maximum atomic E-state index is 12.8. The Morgan fingerprint density at radius 1 is 1.29 bits per heavy atom. The molecule has 0 fully saturated rings. The van der Waals surface area contributed by atoms with Crippen LogP contribution in [0.5, 0.6) is 0 Å². The molecule has 5 nitrogen and oxygen atoms in total. The van der Waals surface area contributed by atoms with Crippen LogP contribution in [0.1, 0.15) is 22.4 Å². The number of pyridine rings is 1. The zero-order chi connectivity index (χ0) is 17.7. The molecule has 1 aromatic carbocycles. The number of nitrogens with one attached hydrogen (secondary N) is 2. The molecule has 8 heteroatoms. The smallest absolute Gasteiger partial charge is 0.281 e. The molecule has 0 aliphatic carbocycles. The van der Waals surface area contributed by atoms with E-state index in [1.165, 1.54) is 6.92 Å². The normalized spacial score (nSPS) is 10.8. The fourth-order valence-corrected chi connectivity index (χ4v) is 2.00. The van der Waals surface area contributed by atoms with Crippen LogP contribution in [0.25, 0.3) is 0 Å². The number of anilines is 1. The minimum Gasteiger partial charge on any atom is -0.281 e. The summed E-state index contributed by atoms with van der Waals surface area (Å²) in [5, 5.41) is 9.07. The number of hydrogen-bond acceptors (Lipinski definition) is 4. The zero-order valence-electron chi connectivity index (χ0n) is 12.6. The van der Waals surface area contributed by atoms with Crippen molar-refractivity contribution in [1.82, 2.24) is 10.4 Å². The largest absolute Gasteiger partial charge is 0.433 e. The molecule has 124 valence electrons. The molecule has 0 saturated heterocycles. The Morgan fingerprint density at radius 2 is 1.96 bits per heavy atom. The van der Waals surface area contributed by atoms with Crippen molar-refractivity contribution in [1.29, 1.82) is 5.26 Å². The number of aryl methyl sites for hydroxylation is 1. The summed E-state index contributed by atoms with van der Waals surface area (Å²) in [7, 11) is 0. The Kier molecular flexibility index (Phi) is 5.04. The van der Waals surface area contributed by atoms with E-state index in [4.69, 9.17) is 5.26 Å². The second kappa shape index (κ2) is 7.00. The van der Waals surface area contributed by atoms with E-state index in [1.807, 2.05) is 0 Å². The monoisotopic (exact) mass is 334 g/mol. The van der Waals surface area contributed by atoms with Crippen LogP contribution in [0.2, 0.25) is 0 Å². The van der Waals surface area contributed by atoms with Gasteiger partial charge in [-0.15, -0.1) is 0 Å². The van der Waals surface area contributed by atoms with Crippen LogP contribution in [0.3, 0.4) is 0 Å². The molecule has 0 spiro atoms. The van der Waals surface area contributed by atoms with E-state index in [2.05, 4.69) is 15.8 Å². The molecular weight excluding hydrogens is 321 g/mol. The van der Waals surface area contributed by atoms with Gasteiger partial charge in [-0.3, -0.25) is 15.6 Å². The van der Waals surface area contributed by atoms with Gasteiger partial charge in [0.1, 0.15) is 11.8 Å². The lowest BCUT2D eigenvalue weighted by Crippen LogP contribution is -2.32. The SMILES string of the molecule is Cc1cc(C(F)(F)F)nc(NNC(=O)Cc2ccccc2)c1C#N. The first-order valence-corrected chi connectivity index (χ1v) is 6.89. The highest BCUT2D eigenvalue weighted by Crippen LogP contribution is 2.30. The van der Waals surface area contributed by atoms with E-state index in [1.54, 1.807) is 36.4 Å². The number of rotatable bonds is 4. The number of halogens is 3. The lowest BCUT2D eigenvalue weighted by molar-refractivity contribution is -0.141. The van der Waals surface area contributed by atoms with Gasteiger partial charge in [-0.1, -0.05) is 30.3 Å². The number of nitriles is 1. The Hall–Kier alpha value is -3.08. The van der Waals surface area contributed by atoms with Crippen molar-refractivity contribution in [3.8, 4) is 6.07 Å². The number of hydrogen-bond donors (Lipinski definition) is 2. The van der Waals surface area contributed by atoms with Gasteiger partial charge in [0, 0.05) is 0 Å². The third-order valence-corrected chi connectivity index (χ3v) is 3.15. The Bertz CT molecular complexity index is 782. The van der Waals surface area contributed by atoms with Crippen molar-refractivity contribution in [2.24, 2.45) is 0 Å². The molecule has 2 N–H and O–H groups in total. The van der Waals surface area contributed by atoms with E-state index in [0.717, 1.165) is 11.6 Å². The minimum atomic E-state index is -4.65. The second-order valence-corrected chi connectivity index (χ2v) is 4.99. The number of hydrazine groups is 1. The maximum absolute atomic E-state index is 12.8. The molecule has 0 atom stereocenters. The minimum absolute atomic E-state index is 0.0354.